The molecule has 0 fully saturated rings. The summed E-state index contributed by atoms with van der Waals surface area (Å²) in [4.78, 5) is 17.1. The fourth-order valence-electron chi connectivity index (χ4n) is 2.86. The first-order valence-corrected chi connectivity index (χ1v) is 9.02. The SMILES string of the molecule is CCOc1ccc(-n2nnc3c(=O)n(C/C=C/c4ccccc4)cnc32)cc1. The van der Waals surface area contributed by atoms with Crippen LogP contribution >= 0.6 is 0 Å². The molecular formula is C21H19N5O2. The zero-order chi connectivity index (χ0) is 19.3. The third-order valence-corrected chi connectivity index (χ3v) is 4.23. The van der Waals surface area contributed by atoms with Crippen LogP contribution in [0.2, 0.25) is 0 Å². The summed E-state index contributed by atoms with van der Waals surface area (Å²) < 4.78 is 8.51. The van der Waals surface area contributed by atoms with E-state index in [1.165, 1.54) is 10.9 Å². The predicted molar refractivity (Wildman–Crippen MR) is 108 cm³/mol. The summed E-state index contributed by atoms with van der Waals surface area (Å²) in [5.41, 5.74) is 2.28. The van der Waals surface area contributed by atoms with Gasteiger partial charge in [0.2, 0.25) is 0 Å². The van der Waals surface area contributed by atoms with Gasteiger partial charge in [0.05, 0.1) is 12.3 Å². The number of hydrogen-bond acceptors (Lipinski definition) is 5. The van der Waals surface area contributed by atoms with Gasteiger partial charge in [-0.25, -0.2) is 4.98 Å². The lowest BCUT2D eigenvalue weighted by molar-refractivity contribution is 0.340. The monoisotopic (exact) mass is 373 g/mol. The Balaban J connectivity index is 1.60. The molecule has 2 aromatic carbocycles. The van der Waals surface area contributed by atoms with Gasteiger partial charge in [0.15, 0.2) is 11.2 Å². The normalized spacial score (nSPS) is 11.3. The van der Waals surface area contributed by atoms with Crippen molar-refractivity contribution in [3.8, 4) is 11.4 Å². The molecule has 0 bridgehead atoms. The highest BCUT2D eigenvalue weighted by atomic mass is 16.5. The Kier molecular flexibility index (Phi) is 4.97. The van der Waals surface area contributed by atoms with Gasteiger partial charge in [0, 0.05) is 6.54 Å². The maximum Gasteiger partial charge on any atom is 0.283 e. The second-order valence-electron chi connectivity index (χ2n) is 6.12. The van der Waals surface area contributed by atoms with Crippen LogP contribution in [0.5, 0.6) is 5.75 Å². The number of nitrogens with zero attached hydrogens (tertiary/aromatic N) is 5. The average Bonchev–Trinajstić information content (AvgIpc) is 3.16. The van der Waals surface area contributed by atoms with Crippen molar-refractivity contribution in [2.45, 2.75) is 13.5 Å². The summed E-state index contributed by atoms with van der Waals surface area (Å²) in [6, 6.07) is 17.3. The molecule has 0 atom stereocenters. The molecule has 7 nitrogen and oxygen atoms in total. The molecule has 0 aliphatic rings. The highest BCUT2D eigenvalue weighted by molar-refractivity contribution is 5.70. The molecule has 0 unspecified atom stereocenters. The minimum atomic E-state index is -0.222. The molecule has 140 valence electrons. The Morgan fingerprint density at radius 3 is 2.61 bits per heavy atom. The topological polar surface area (TPSA) is 74.8 Å². The van der Waals surface area contributed by atoms with Gasteiger partial charge in [0.1, 0.15) is 12.1 Å². The van der Waals surface area contributed by atoms with Crippen molar-refractivity contribution < 1.29 is 4.74 Å². The van der Waals surface area contributed by atoms with Crippen LogP contribution in [0.25, 0.3) is 22.9 Å². The number of rotatable bonds is 6. The van der Waals surface area contributed by atoms with E-state index in [1.54, 1.807) is 4.68 Å². The summed E-state index contributed by atoms with van der Waals surface area (Å²) in [7, 11) is 0. The summed E-state index contributed by atoms with van der Waals surface area (Å²) >= 11 is 0. The maximum absolute atomic E-state index is 12.7. The van der Waals surface area contributed by atoms with Crippen molar-refractivity contribution in [1.29, 1.82) is 0 Å². The zero-order valence-electron chi connectivity index (χ0n) is 15.4. The average molecular weight is 373 g/mol. The molecule has 0 saturated heterocycles. The van der Waals surface area contributed by atoms with E-state index < -0.39 is 0 Å². The molecule has 7 heteroatoms. The molecule has 0 saturated carbocycles. The number of allylic oxidation sites excluding steroid dienone is 1. The first-order valence-electron chi connectivity index (χ1n) is 9.02. The second kappa shape index (κ2) is 7.87. The molecular weight excluding hydrogens is 354 g/mol. The van der Waals surface area contributed by atoms with E-state index in [0.717, 1.165) is 17.0 Å². The van der Waals surface area contributed by atoms with E-state index in [-0.39, 0.29) is 11.1 Å². The Morgan fingerprint density at radius 2 is 1.86 bits per heavy atom. The lowest BCUT2D eigenvalue weighted by Gasteiger charge is -2.05. The van der Waals surface area contributed by atoms with Crippen molar-refractivity contribution in [3.63, 3.8) is 0 Å². The van der Waals surface area contributed by atoms with Gasteiger partial charge in [-0.1, -0.05) is 47.7 Å². The molecule has 0 amide bonds. The van der Waals surface area contributed by atoms with Crippen LogP contribution in [-0.2, 0) is 6.54 Å². The molecule has 4 aromatic rings. The van der Waals surface area contributed by atoms with Gasteiger partial charge in [0.25, 0.3) is 5.56 Å². The smallest absolute Gasteiger partial charge is 0.283 e. The number of benzene rings is 2. The Hall–Kier alpha value is -3.74. The van der Waals surface area contributed by atoms with Crippen LogP contribution in [0.4, 0.5) is 0 Å². The second-order valence-corrected chi connectivity index (χ2v) is 6.12. The van der Waals surface area contributed by atoms with Crippen LogP contribution in [0.3, 0.4) is 0 Å². The van der Waals surface area contributed by atoms with Crippen LogP contribution in [-0.4, -0.2) is 31.2 Å². The van der Waals surface area contributed by atoms with Gasteiger partial charge in [-0.05, 0) is 36.8 Å². The molecule has 4 rings (SSSR count). The largest absolute Gasteiger partial charge is 0.494 e. The Morgan fingerprint density at radius 1 is 1.07 bits per heavy atom. The van der Waals surface area contributed by atoms with Crippen LogP contribution in [0.1, 0.15) is 12.5 Å². The van der Waals surface area contributed by atoms with Crippen LogP contribution in [0, 0.1) is 0 Å². The fraction of sp³-hybridized carbons (Fsp3) is 0.143. The molecule has 0 aliphatic carbocycles. The predicted octanol–water partition coefficient (Wildman–Crippen LogP) is 3.09. The number of fused-ring (bicyclic) bond motifs is 1. The lowest BCUT2D eigenvalue weighted by atomic mass is 10.2. The highest BCUT2D eigenvalue weighted by Gasteiger charge is 2.13. The van der Waals surface area contributed by atoms with E-state index >= 15 is 0 Å². The van der Waals surface area contributed by atoms with Crippen LogP contribution < -0.4 is 10.3 Å². The van der Waals surface area contributed by atoms with Crippen molar-refractivity contribution >= 4 is 17.2 Å². The van der Waals surface area contributed by atoms with Gasteiger partial charge in [-0.15, -0.1) is 5.10 Å². The van der Waals surface area contributed by atoms with E-state index in [0.29, 0.717) is 18.8 Å². The summed E-state index contributed by atoms with van der Waals surface area (Å²) in [6.07, 6.45) is 5.41. The van der Waals surface area contributed by atoms with E-state index in [4.69, 9.17) is 4.74 Å². The lowest BCUT2D eigenvalue weighted by Crippen LogP contribution is -2.20. The Labute approximate surface area is 161 Å². The molecule has 0 N–H and O–H groups in total. The summed E-state index contributed by atoms with van der Waals surface area (Å²) in [5, 5.41) is 8.15. The third kappa shape index (κ3) is 3.55. The van der Waals surface area contributed by atoms with Crippen molar-refractivity contribution in [1.82, 2.24) is 24.5 Å². The van der Waals surface area contributed by atoms with E-state index in [9.17, 15) is 4.79 Å². The van der Waals surface area contributed by atoms with Gasteiger partial charge in [-0.3, -0.25) is 9.36 Å². The standard InChI is InChI=1S/C21H19N5O2/c1-2-28-18-12-10-17(11-13-18)26-20-19(23-24-26)21(27)25(15-22-20)14-6-9-16-7-4-3-5-8-16/h3-13,15H,2,14H2,1H3/b9-6+. The molecule has 2 heterocycles. The number of hydrogen-bond donors (Lipinski definition) is 0. The zero-order valence-corrected chi connectivity index (χ0v) is 15.4. The molecule has 0 aliphatic heterocycles. The highest BCUT2D eigenvalue weighted by Crippen LogP contribution is 2.17. The number of aromatic nitrogens is 5. The minimum absolute atomic E-state index is 0.222. The molecule has 0 spiro atoms. The maximum atomic E-state index is 12.7. The van der Waals surface area contributed by atoms with Gasteiger partial charge >= 0.3 is 0 Å². The first kappa shape index (κ1) is 17.7. The number of ether oxygens (including phenoxy) is 1. The van der Waals surface area contributed by atoms with E-state index in [2.05, 4.69) is 15.3 Å². The molecule has 2 aromatic heterocycles. The van der Waals surface area contributed by atoms with Crippen molar-refractivity contribution in [2.24, 2.45) is 0 Å². The van der Waals surface area contributed by atoms with Crippen molar-refractivity contribution in [2.75, 3.05) is 6.61 Å². The van der Waals surface area contributed by atoms with Gasteiger partial charge in [-0.2, -0.15) is 4.68 Å². The van der Waals surface area contributed by atoms with Crippen LogP contribution in [0.15, 0.2) is 71.8 Å². The Bertz CT molecular complexity index is 1160. The van der Waals surface area contributed by atoms with Crippen molar-refractivity contribution in [3.05, 3.63) is 82.9 Å². The van der Waals surface area contributed by atoms with E-state index in [1.807, 2.05) is 73.7 Å². The first-order chi connectivity index (χ1) is 13.8. The summed E-state index contributed by atoms with van der Waals surface area (Å²) in [6.45, 7) is 2.95. The quantitative estimate of drug-likeness (QED) is 0.519. The molecule has 28 heavy (non-hydrogen) atoms. The molecule has 0 radical (unpaired) electrons. The third-order valence-electron chi connectivity index (χ3n) is 4.23. The minimum Gasteiger partial charge on any atom is -0.494 e. The fourth-order valence-corrected chi connectivity index (χ4v) is 2.86. The summed E-state index contributed by atoms with van der Waals surface area (Å²) in [5.74, 6) is 0.774. The van der Waals surface area contributed by atoms with Gasteiger partial charge < -0.3 is 4.74 Å².